The molecule has 0 saturated carbocycles. The van der Waals surface area contributed by atoms with E-state index in [0.29, 0.717) is 12.0 Å². The van der Waals surface area contributed by atoms with Gasteiger partial charge < -0.3 is 10.6 Å². The summed E-state index contributed by atoms with van der Waals surface area (Å²) in [7, 11) is 0. The van der Waals surface area contributed by atoms with Crippen molar-refractivity contribution in [2.24, 2.45) is 11.1 Å². The van der Waals surface area contributed by atoms with E-state index in [1.807, 2.05) is 18.2 Å². The monoisotopic (exact) mass is 252 g/mol. The lowest BCUT2D eigenvalue weighted by atomic mass is 9.82. The average Bonchev–Trinajstić information content (AvgIpc) is 2.29. The van der Waals surface area contributed by atoms with Crippen LogP contribution in [-0.4, -0.2) is 13.1 Å². The van der Waals surface area contributed by atoms with Crippen LogP contribution in [0.15, 0.2) is 18.2 Å². The van der Waals surface area contributed by atoms with Crippen LogP contribution in [0.5, 0.6) is 0 Å². The van der Waals surface area contributed by atoms with Crippen molar-refractivity contribution < 1.29 is 0 Å². The summed E-state index contributed by atoms with van der Waals surface area (Å²) in [4.78, 5) is 2.42. The minimum atomic E-state index is 0.470. The van der Waals surface area contributed by atoms with Crippen LogP contribution in [0.25, 0.3) is 0 Å². The fourth-order valence-corrected chi connectivity index (χ4v) is 2.52. The lowest BCUT2D eigenvalue weighted by Crippen LogP contribution is -2.37. The second kappa shape index (κ2) is 4.87. The molecule has 1 aromatic carbocycles. The summed E-state index contributed by atoms with van der Waals surface area (Å²) in [6.07, 6.45) is 2.45. The van der Waals surface area contributed by atoms with E-state index in [4.69, 9.17) is 17.3 Å². The second-order valence-electron chi connectivity index (χ2n) is 5.63. The number of hydrogen-bond donors (Lipinski definition) is 1. The number of rotatable bonds is 2. The first-order chi connectivity index (χ1) is 8.02. The van der Waals surface area contributed by atoms with Crippen LogP contribution in [0, 0.1) is 5.41 Å². The van der Waals surface area contributed by atoms with Gasteiger partial charge in [0.2, 0.25) is 0 Å². The van der Waals surface area contributed by atoms with Crippen molar-refractivity contribution in [3.8, 4) is 0 Å². The van der Waals surface area contributed by atoms with Crippen molar-refractivity contribution in [1.29, 1.82) is 0 Å². The Morgan fingerprint density at radius 3 is 2.53 bits per heavy atom. The summed E-state index contributed by atoms with van der Waals surface area (Å²) in [6.45, 7) is 7.45. The van der Waals surface area contributed by atoms with Crippen molar-refractivity contribution in [3.05, 3.63) is 28.8 Å². The lowest BCUT2D eigenvalue weighted by molar-refractivity contribution is 0.279. The molecule has 0 aromatic heterocycles. The Bertz CT molecular complexity index is 391. The SMILES string of the molecule is CC1(C)CCN(c2cc(Cl)ccc2CN)CC1. The first kappa shape index (κ1) is 12.7. The van der Waals surface area contributed by atoms with Crippen LogP contribution in [0.4, 0.5) is 5.69 Å². The first-order valence-corrected chi connectivity index (χ1v) is 6.63. The zero-order valence-corrected chi connectivity index (χ0v) is 11.4. The molecule has 1 saturated heterocycles. The van der Waals surface area contributed by atoms with Crippen LogP contribution in [0.3, 0.4) is 0 Å². The second-order valence-corrected chi connectivity index (χ2v) is 6.06. The Morgan fingerprint density at radius 1 is 1.29 bits per heavy atom. The maximum absolute atomic E-state index is 6.08. The molecule has 3 heteroatoms. The third kappa shape index (κ3) is 2.93. The highest BCUT2D eigenvalue weighted by Gasteiger charge is 2.26. The molecule has 0 radical (unpaired) electrons. The number of benzene rings is 1. The van der Waals surface area contributed by atoms with E-state index >= 15 is 0 Å². The zero-order chi connectivity index (χ0) is 12.5. The van der Waals surface area contributed by atoms with Gasteiger partial charge in [-0.05, 0) is 36.0 Å². The minimum Gasteiger partial charge on any atom is -0.371 e. The fraction of sp³-hybridized carbons (Fsp3) is 0.571. The number of nitrogens with zero attached hydrogens (tertiary/aromatic N) is 1. The Kier molecular flexibility index (Phi) is 3.64. The summed E-state index contributed by atoms with van der Waals surface area (Å²) in [6, 6.07) is 6.00. The molecule has 0 bridgehead atoms. The average molecular weight is 253 g/mol. The van der Waals surface area contributed by atoms with Gasteiger partial charge in [-0.3, -0.25) is 0 Å². The van der Waals surface area contributed by atoms with Crippen LogP contribution in [0.1, 0.15) is 32.3 Å². The molecular formula is C14H21ClN2. The number of anilines is 1. The summed E-state index contributed by atoms with van der Waals surface area (Å²) in [5.74, 6) is 0. The lowest BCUT2D eigenvalue weighted by Gasteiger charge is -2.39. The predicted molar refractivity (Wildman–Crippen MR) is 74.6 cm³/mol. The van der Waals surface area contributed by atoms with E-state index in [-0.39, 0.29) is 0 Å². The minimum absolute atomic E-state index is 0.470. The van der Waals surface area contributed by atoms with Crippen molar-refractivity contribution in [1.82, 2.24) is 0 Å². The highest BCUT2D eigenvalue weighted by Crippen LogP contribution is 2.34. The quantitative estimate of drug-likeness (QED) is 0.874. The Hall–Kier alpha value is -0.730. The molecule has 0 amide bonds. The number of hydrogen-bond acceptors (Lipinski definition) is 2. The molecular weight excluding hydrogens is 232 g/mol. The number of nitrogens with two attached hydrogens (primary N) is 1. The van der Waals surface area contributed by atoms with Crippen LogP contribution < -0.4 is 10.6 Å². The maximum atomic E-state index is 6.08. The van der Waals surface area contributed by atoms with Crippen LogP contribution in [0.2, 0.25) is 5.02 Å². The van der Waals surface area contributed by atoms with Gasteiger partial charge in [-0.15, -0.1) is 0 Å². The van der Waals surface area contributed by atoms with Gasteiger partial charge in [0, 0.05) is 30.3 Å². The summed E-state index contributed by atoms with van der Waals surface area (Å²) in [5.41, 5.74) is 8.67. The van der Waals surface area contributed by atoms with Crippen molar-refractivity contribution in [2.75, 3.05) is 18.0 Å². The molecule has 94 valence electrons. The molecule has 0 spiro atoms. The Labute approximate surface area is 109 Å². The van der Waals surface area contributed by atoms with Gasteiger partial charge in [0.1, 0.15) is 0 Å². The Balaban J connectivity index is 2.20. The highest BCUT2D eigenvalue weighted by molar-refractivity contribution is 6.30. The van der Waals surface area contributed by atoms with E-state index in [1.165, 1.54) is 24.1 Å². The molecule has 1 fully saturated rings. The fourth-order valence-electron chi connectivity index (χ4n) is 2.36. The predicted octanol–water partition coefficient (Wildman–Crippen LogP) is 3.43. The molecule has 2 rings (SSSR count). The largest absolute Gasteiger partial charge is 0.371 e. The molecule has 1 heterocycles. The molecule has 2 N–H and O–H groups in total. The van der Waals surface area contributed by atoms with Gasteiger partial charge in [-0.25, -0.2) is 0 Å². The number of halogens is 1. The molecule has 1 aromatic rings. The van der Waals surface area contributed by atoms with Gasteiger partial charge in [-0.1, -0.05) is 31.5 Å². The van der Waals surface area contributed by atoms with E-state index in [2.05, 4.69) is 18.7 Å². The van der Waals surface area contributed by atoms with Crippen LogP contribution >= 0.6 is 11.6 Å². The standard InChI is InChI=1S/C14H21ClN2/c1-14(2)5-7-17(8-6-14)13-9-12(15)4-3-11(13)10-16/h3-4,9H,5-8,10,16H2,1-2H3. The van der Waals surface area contributed by atoms with Crippen molar-refractivity contribution >= 4 is 17.3 Å². The van der Waals surface area contributed by atoms with E-state index in [9.17, 15) is 0 Å². The summed E-state index contributed by atoms with van der Waals surface area (Å²) < 4.78 is 0. The first-order valence-electron chi connectivity index (χ1n) is 6.25. The highest BCUT2D eigenvalue weighted by atomic mass is 35.5. The zero-order valence-electron chi connectivity index (χ0n) is 10.7. The number of piperidine rings is 1. The molecule has 0 atom stereocenters. The van der Waals surface area contributed by atoms with Gasteiger partial charge >= 0.3 is 0 Å². The third-order valence-corrected chi connectivity index (χ3v) is 3.96. The molecule has 1 aliphatic heterocycles. The van der Waals surface area contributed by atoms with E-state index < -0.39 is 0 Å². The molecule has 1 aliphatic rings. The smallest absolute Gasteiger partial charge is 0.0426 e. The normalized spacial score (nSPS) is 19.4. The van der Waals surface area contributed by atoms with Gasteiger partial charge in [-0.2, -0.15) is 0 Å². The van der Waals surface area contributed by atoms with E-state index in [1.54, 1.807) is 0 Å². The third-order valence-electron chi connectivity index (χ3n) is 3.72. The van der Waals surface area contributed by atoms with Gasteiger partial charge in [0.25, 0.3) is 0 Å². The Morgan fingerprint density at radius 2 is 1.94 bits per heavy atom. The molecule has 17 heavy (non-hydrogen) atoms. The molecule has 2 nitrogen and oxygen atoms in total. The van der Waals surface area contributed by atoms with E-state index in [0.717, 1.165) is 18.1 Å². The summed E-state index contributed by atoms with van der Waals surface area (Å²) in [5, 5.41) is 0.794. The topological polar surface area (TPSA) is 29.3 Å². The van der Waals surface area contributed by atoms with Gasteiger partial charge in [0.15, 0.2) is 0 Å². The maximum Gasteiger partial charge on any atom is 0.0426 e. The van der Waals surface area contributed by atoms with Crippen LogP contribution in [-0.2, 0) is 6.54 Å². The summed E-state index contributed by atoms with van der Waals surface area (Å²) >= 11 is 6.08. The van der Waals surface area contributed by atoms with Crippen molar-refractivity contribution in [2.45, 2.75) is 33.2 Å². The van der Waals surface area contributed by atoms with Gasteiger partial charge in [0.05, 0.1) is 0 Å². The molecule has 0 aliphatic carbocycles. The van der Waals surface area contributed by atoms with Crippen molar-refractivity contribution in [3.63, 3.8) is 0 Å². The molecule has 0 unspecified atom stereocenters.